The zero-order chi connectivity index (χ0) is 12.8. The number of hydrogen-bond donors (Lipinski definition) is 1. The van der Waals surface area contributed by atoms with E-state index in [-0.39, 0.29) is 5.41 Å². The van der Waals surface area contributed by atoms with Gasteiger partial charge in [-0.2, -0.15) is 0 Å². The van der Waals surface area contributed by atoms with Gasteiger partial charge in [0.2, 0.25) is 5.89 Å². The number of methoxy groups -OCH3 is 1. The van der Waals surface area contributed by atoms with E-state index in [9.17, 15) is 0 Å². The number of aromatic nitrogens is 1. The van der Waals surface area contributed by atoms with Gasteiger partial charge in [0.15, 0.2) is 0 Å². The van der Waals surface area contributed by atoms with E-state index in [1.54, 1.807) is 7.11 Å². The summed E-state index contributed by atoms with van der Waals surface area (Å²) in [5, 5.41) is 3.26. The number of oxazole rings is 1. The monoisotopic (exact) mass is 252 g/mol. The van der Waals surface area contributed by atoms with Crippen LogP contribution < -0.4 is 5.32 Å². The smallest absolute Gasteiger partial charge is 0.208 e. The van der Waals surface area contributed by atoms with Gasteiger partial charge in [-0.1, -0.05) is 19.8 Å². The lowest BCUT2D eigenvalue weighted by atomic mass is 9.81. The first-order chi connectivity index (χ1) is 8.80. The molecule has 0 aromatic carbocycles. The van der Waals surface area contributed by atoms with Crippen LogP contribution in [0.4, 0.5) is 0 Å². The fourth-order valence-corrected chi connectivity index (χ4v) is 2.83. The van der Waals surface area contributed by atoms with Gasteiger partial charge in [-0.25, -0.2) is 4.98 Å². The van der Waals surface area contributed by atoms with E-state index >= 15 is 0 Å². The van der Waals surface area contributed by atoms with E-state index in [4.69, 9.17) is 9.15 Å². The molecule has 1 fully saturated rings. The first kappa shape index (κ1) is 13.6. The Morgan fingerprint density at radius 3 is 2.89 bits per heavy atom. The maximum absolute atomic E-state index is 5.93. The Bertz CT molecular complexity index is 356. The third-order valence-corrected chi connectivity index (χ3v) is 4.07. The van der Waals surface area contributed by atoms with Crippen molar-refractivity contribution in [1.29, 1.82) is 0 Å². The second-order valence-electron chi connectivity index (χ2n) is 5.13. The molecule has 0 aliphatic heterocycles. The van der Waals surface area contributed by atoms with Crippen molar-refractivity contribution in [2.45, 2.75) is 51.0 Å². The maximum Gasteiger partial charge on any atom is 0.208 e. The lowest BCUT2D eigenvalue weighted by Crippen LogP contribution is -2.20. The molecule has 0 amide bonds. The molecular formula is C14H24N2O2. The van der Waals surface area contributed by atoms with Crippen molar-refractivity contribution in [3.8, 4) is 0 Å². The second kappa shape index (κ2) is 6.34. The van der Waals surface area contributed by atoms with Crippen molar-refractivity contribution in [3.05, 3.63) is 17.8 Å². The zero-order valence-electron chi connectivity index (χ0n) is 11.5. The summed E-state index contributed by atoms with van der Waals surface area (Å²) in [6.45, 7) is 4.48. The minimum Gasteiger partial charge on any atom is -0.444 e. The van der Waals surface area contributed by atoms with E-state index in [1.807, 2.05) is 6.20 Å². The van der Waals surface area contributed by atoms with Crippen molar-refractivity contribution in [3.63, 3.8) is 0 Å². The van der Waals surface area contributed by atoms with Crippen LogP contribution in [-0.2, 0) is 16.7 Å². The molecule has 1 N–H and O–H groups in total. The van der Waals surface area contributed by atoms with Gasteiger partial charge in [0.1, 0.15) is 5.76 Å². The molecule has 1 aromatic rings. The molecule has 0 unspecified atom stereocenters. The molecule has 4 nitrogen and oxygen atoms in total. The third-order valence-electron chi connectivity index (χ3n) is 4.07. The van der Waals surface area contributed by atoms with Gasteiger partial charge in [-0.3, -0.25) is 0 Å². The molecule has 0 radical (unpaired) electrons. The highest BCUT2D eigenvalue weighted by molar-refractivity contribution is 5.13. The van der Waals surface area contributed by atoms with Crippen LogP contribution in [0.15, 0.2) is 10.6 Å². The third kappa shape index (κ3) is 2.93. The molecule has 0 saturated heterocycles. The van der Waals surface area contributed by atoms with Crippen LogP contribution in [0.2, 0.25) is 0 Å². The van der Waals surface area contributed by atoms with Crippen LogP contribution in [0, 0.1) is 0 Å². The summed E-state index contributed by atoms with van der Waals surface area (Å²) in [7, 11) is 1.70. The number of ether oxygens (including phenoxy) is 1. The van der Waals surface area contributed by atoms with Crippen molar-refractivity contribution in [1.82, 2.24) is 10.3 Å². The first-order valence-electron chi connectivity index (χ1n) is 6.95. The Morgan fingerprint density at radius 2 is 2.22 bits per heavy atom. The summed E-state index contributed by atoms with van der Waals surface area (Å²) in [6.07, 6.45) is 8.21. The van der Waals surface area contributed by atoms with Gasteiger partial charge in [0, 0.05) is 19.1 Å². The quantitative estimate of drug-likeness (QED) is 0.758. The van der Waals surface area contributed by atoms with Crippen molar-refractivity contribution >= 4 is 0 Å². The Hall–Kier alpha value is -0.870. The van der Waals surface area contributed by atoms with E-state index in [0.717, 1.165) is 24.6 Å². The van der Waals surface area contributed by atoms with Crippen LogP contribution in [0.25, 0.3) is 0 Å². The summed E-state index contributed by atoms with van der Waals surface area (Å²) in [6, 6.07) is 0. The highest BCUT2D eigenvalue weighted by atomic mass is 16.5. The van der Waals surface area contributed by atoms with Gasteiger partial charge in [0.05, 0.1) is 19.3 Å². The largest absolute Gasteiger partial charge is 0.444 e. The predicted molar refractivity (Wildman–Crippen MR) is 70.5 cm³/mol. The summed E-state index contributed by atoms with van der Waals surface area (Å²) >= 11 is 0. The molecule has 102 valence electrons. The fraction of sp³-hybridized carbons (Fsp3) is 0.786. The van der Waals surface area contributed by atoms with Crippen LogP contribution in [0.5, 0.6) is 0 Å². The highest BCUT2D eigenvalue weighted by Gasteiger charge is 2.37. The summed E-state index contributed by atoms with van der Waals surface area (Å²) in [5.41, 5.74) is 0.262. The lowest BCUT2D eigenvalue weighted by molar-refractivity contribution is 0.198. The van der Waals surface area contributed by atoms with Crippen LogP contribution in [-0.4, -0.2) is 25.2 Å². The SMILES string of the molecule is CCC1(c2cnc(CNCCOC)o2)CCCC1. The summed E-state index contributed by atoms with van der Waals surface area (Å²) in [5.74, 6) is 1.88. The Balaban J connectivity index is 1.92. The number of nitrogens with one attached hydrogen (secondary N) is 1. The maximum atomic E-state index is 5.93. The van der Waals surface area contributed by atoms with Gasteiger partial charge < -0.3 is 14.5 Å². The first-order valence-corrected chi connectivity index (χ1v) is 6.95. The molecule has 18 heavy (non-hydrogen) atoms. The highest BCUT2D eigenvalue weighted by Crippen LogP contribution is 2.43. The second-order valence-corrected chi connectivity index (χ2v) is 5.13. The Morgan fingerprint density at radius 1 is 1.44 bits per heavy atom. The van der Waals surface area contributed by atoms with Crippen LogP contribution in [0.1, 0.15) is 50.7 Å². The number of rotatable bonds is 7. The minimum absolute atomic E-state index is 0.262. The summed E-state index contributed by atoms with van der Waals surface area (Å²) < 4.78 is 10.9. The molecule has 1 aliphatic rings. The molecule has 4 heteroatoms. The van der Waals surface area contributed by atoms with E-state index in [1.165, 1.54) is 25.7 Å². The van der Waals surface area contributed by atoms with Crippen LogP contribution >= 0.6 is 0 Å². The number of nitrogens with zero attached hydrogens (tertiary/aromatic N) is 1. The molecule has 0 spiro atoms. The molecule has 2 rings (SSSR count). The molecule has 1 aromatic heterocycles. The minimum atomic E-state index is 0.262. The standard InChI is InChI=1S/C14H24N2O2/c1-3-14(6-4-5-7-14)12-10-16-13(18-12)11-15-8-9-17-2/h10,15H,3-9,11H2,1-2H3. The van der Waals surface area contributed by atoms with E-state index in [2.05, 4.69) is 17.2 Å². The molecule has 0 bridgehead atoms. The van der Waals surface area contributed by atoms with Gasteiger partial charge >= 0.3 is 0 Å². The zero-order valence-corrected chi connectivity index (χ0v) is 11.5. The average molecular weight is 252 g/mol. The molecule has 1 saturated carbocycles. The molecule has 1 heterocycles. The van der Waals surface area contributed by atoms with E-state index in [0.29, 0.717) is 13.2 Å². The fourth-order valence-electron chi connectivity index (χ4n) is 2.83. The predicted octanol–water partition coefficient (Wildman–Crippen LogP) is 2.63. The van der Waals surface area contributed by atoms with Gasteiger partial charge in [0.25, 0.3) is 0 Å². The van der Waals surface area contributed by atoms with Crippen molar-refractivity contribution < 1.29 is 9.15 Å². The summed E-state index contributed by atoms with van der Waals surface area (Å²) in [4.78, 5) is 4.38. The number of hydrogen-bond acceptors (Lipinski definition) is 4. The van der Waals surface area contributed by atoms with E-state index < -0.39 is 0 Å². The topological polar surface area (TPSA) is 47.3 Å². The average Bonchev–Trinajstić information content (AvgIpc) is 3.04. The normalized spacial score (nSPS) is 18.3. The Labute approximate surface area is 109 Å². The van der Waals surface area contributed by atoms with Gasteiger partial charge in [-0.05, 0) is 19.3 Å². The molecule has 0 atom stereocenters. The lowest BCUT2D eigenvalue weighted by Gasteiger charge is -2.23. The van der Waals surface area contributed by atoms with Crippen LogP contribution in [0.3, 0.4) is 0 Å². The van der Waals surface area contributed by atoms with Crippen molar-refractivity contribution in [2.24, 2.45) is 0 Å². The molecule has 1 aliphatic carbocycles. The Kier molecular flexibility index (Phi) is 4.78. The molecular weight excluding hydrogens is 228 g/mol. The van der Waals surface area contributed by atoms with Gasteiger partial charge in [-0.15, -0.1) is 0 Å². The van der Waals surface area contributed by atoms with Crippen molar-refractivity contribution in [2.75, 3.05) is 20.3 Å².